The van der Waals surface area contributed by atoms with Crippen LogP contribution >= 0.6 is 0 Å². The van der Waals surface area contributed by atoms with Crippen molar-refractivity contribution in [2.75, 3.05) is 11.4 Å². The van der Waals surface area contributed by atoms with Gasteiger partial charge in [0.1, 0.15) is 6.07 Å². The number of amides is 1. The fourth-order valence-corrected chi connectivity index (χ4v) is 1.71. The maximum atomic E-state index is 11.7. The second-order valence-electron chi connectivity index (χ2n) is 3.62. The van der Waals surface area contributed by atoms with Gasteiger partial charge in [-0.05, 0) is 6.07 Å². The Hall–Kier alpha value is -2.33. The Kier molecular flexibility index (Phi) is 2.57. The first kappa shape index (κ1) is 10.2. The van der Waals surface area contributed by atoms with Gasteiger partial charge in [0.2, 0.25) is 5.91 Å². The largest absolute Gasteiger partial charge is 0.310 e. The second-order valence-corrected chi connectivity index (χ2v) is 3.62. The van der Waals surface area contributed by atoms with Gasteiger partial charge in [-0.1, -0.05) is 0 Å². The van der Waals surface area contributed by atoms with Gasteiger partial charge < -0.3 is 4.90 Å². The second kappa shape index (κ2) is 4.04. The molecule has 0 N–H and O–H groups in total. The van der Waals surface area contributed by atoms with Gasteiger partial charge >= 0.3 is 0 Å². The summed E-state index contributed by atoms with van der Waals surface area (Å²) in [5.41, 5.74) is 1.08. The van der Waals surface area contributed by atoms with Crippen LogP contribution in [0.2, 0.25) is 0 Å². The van der Waals surface area contributed by atoms with Crippen LogP contribution < -0.4 is 4.90 Å². The zero-order chi connectivity index (χ0) is 11.5. The first-order valence-corrected chi connectivity index (χ1v) is 4.86. The number of nitrogens with zero attached hydrogens (tertiary/aromatic N) is 3. The molecule has 4 nitrogen and oxygen atoms in total. The Morgan fingerprint density at radius 1 is 1.56 bits per heavy atom. The highest BCUT2D eigenvalue weighted by atomic mass is 16.2. The van der Waals surface area contributed by atoms with Gasteiger partial charge in [0.25, 0.3) is 0 Å². The molecule has 1 aromatic heterocycles. The van der Waals surface area contributed by atoms with Crippen molar-refractivity contribution in [3.63, 3.8) is 0 Å². The zero-order valence-electron chi connectivity index (χ0n) is 8.55. The monoisotopic (exact) mass is 211 g/mol. The van der Waals surface area contributed by atoms with Crippen LogP contribution in [0, 0.1) is 29.6 Å². The lowest BCUT2D eigenvalue weighted by atomic mass is 10.1. The highest BCUT2D eigenvalue weighted by Gasteiger charge is 2.29. The van der Waals surface area contributed by atoms with Crippen molar-refractivity contribution in [2.45, 2.75) is 6.42 Å². The molecule has 0 spiro atoms. The molecular weight excluding hydrogens is 202 g/mol. The minimum atomic E-state index is -0.0433. The predicted octanol–water partition coefficient (Wildman–Crippen LogP) is 0.939. The first-order chi connectivity index (χ1) is 7.74. The molecule has 1 aliphatic rings. The van der Waals surface area contributed by atoms with Crippen molar-refractivity contribution >= 4 is 11.6 Å². The average Bonchev–Trinajstić information content (AvgIpc) is 2.71. The number of aromatic nitrogens is 1. The molecule has 1 aromatic rings. The zero-order valence-corrected chi connectivity index (χ0v) is 8.55. The molecule has 0 bridgehead atoms. The maximum Gasteiger partial charge on any atom is 0.228 e. The normalized spacial score (nSPS) is 19.2. The third-order valence-corrected chi connectivity index (χ3v) is 2.53. The van der Waals surface area contributed by atoms with E-state index in [4.69, 9.17) is 11.7 Å². The molecule has 2 heterocycles. The van der Waals surface area contributed by atoms with Crippen LogP contribution in [0.5, 0.6) is 0 Å². The lowest BCUT2D eigenvalue weighted by molar-refractivity contribution is -0.117. The van der Waals surface area contributed by atoms with E-state index in [-0.39, 0.29) is 11.8 Å². The van der Waals surface area contributed by atoms with E-state index in [1.54, 1.807) is 17.2 Å². The highest BCUT2D eigenvalue weighted by molar-refractivity contribution is 5.96. The molecule has 0 aliphatic carbocycles. The summed E-state index contributed by atoms with van der Waals surface area (Å²) in [5.74, 6) is 2.52. The Bertz CT molecular complexity index is 510. The lowest BCUT2D eigenvalue weighted by Crippen LogP contribution is -2.24. The van der Waals surface area contributed by atoms with Crippen LogP contribution in [-0.4, -0.2) is 17.4 Å². The fourth-order valence-electron chi connectivity index (χ4n) is 1.71. The molecule has 2 rings (SSSR count). The van der Waals surface area contributed by atoms with Crippen LogP contribution in [0.3, 0.4) is 0 Å². The van der Waals surface area contributed by atoms with Gasteiger partial charge in [-0.15, -0.1) is 12.3 Å². The molecule has 0 radical (unpaired) electrons. The fraction of sp³-hybridized carbons (Fsp3) is 0.250. The standard InChI is InChI=1S/C12H9N3O/c1-2-9-4-12(16)15(8-9)11-3-10(5-13)6-14-7-11/h1,3,6-7,9H,4,8H2. The smallest absolute Gasteiger partial charge is 0.228 e. The quantitative estimate of drug-likeness (QED) is 0.649. The van der Waals surface area contributed by atoms with Gasteiger partial charge in [0.15, 0.2) is 0 Å². The van der Waals surface area contributed by atoms with Crippen molar-refractivity contribution in [3.8, 4) is 18.4 Å². The summed E-state index contributed by atoms with van der Waals surface area (Å²) in [4.78, 5) is 17.2. The third-order valence-electron chi connectivity index (χ3n) is 2.53. The van der Waals surface area contributed by atoms with Crippen molar-refractivity contribution < 1.29 is 4.79 Å². The number of terminal acetylenes is 1. The summed E-state index contributed by atoms with van der Waals surface area (Å²) >= 11 is 0. The molecule has 0 saturated carbocycles. The van der Waals surface area contributed by atoms with E-state index in [0.29, 0.717) is 24.2 Å². The SMILES string of the molecule is C#CC1CC(=O)N(c2cncc(C#N)c2)C1. The molecule has 1 fully saturated rings. The Balaban J connectivity index is 2.29. The van der Waals surface area contributed by atoms with Crippen molar-refractivity contribution in [3.05, 3.63) is 24.0 Å². The van der Waals surface area contributed by atoms with Crippen LogP contribution in [0.15, 0.2) is 18.5 Å². The van der Waals surface area contributed by atoms with E-state index in [0.717, 1.165) is 0 Å². The molecule has 78 valence electrons. The van der Waals surface area contributed by atoms with Gasteiger partial charge in [0.05, 0.1) is 17.4 Å². The van der Waals surface area contributed by atoms with Gasteiger partial charge in [-0.2, -0.15) is 5.26 Å². The van der Waals surface area contributed by atoms with E-state index in [1.807, 2.05) is 6.07 Å². The van der Waals surface area contributed by atoms with E-state index < -0.39 is 0 Å². The summed E-state index contributed by atoms with van der Waals surface area (Å²) in [7, 11) is 0. The van der Waals surface area contributed by atoms with Crippen LogP contribution in [0.4, 0.5) is 5.69 Å². The molecule has 16 heavy (non-hydrogen) atoms. The summed E-state index contributed by atoms with van der Waals surface area (Å²) in [6, 6.07) is 3.63. The van der Waals surface area contributed by atoms with E-state index >= 15 is 0 Å². The topological polar surface area (TPSA) is 57.0 Å². The highest BCUT2D eigenvalue weighted by Crippen LogP contribution is 2.24. The molecule has 1 saturated heterocycles. The lowest BCUT2D eigenvalue weighted by Gasteiger charge is -2.15. The summed E-state index contributed by atoms with van der Waals surface area (Å²) in [6.45, 7) is 0.506. The number of hydrogen-bond donors (Lipinski definition) is 0. The minimum Gasteiger partial charge on any atom is -0.310 e. The van der Waals surface area contributed by atoms with Crippen LogP contribution in [-0.2, 0) is 4.79 Å². The molecule has 1 aliphatic heterocycles. The van der Waals surface area contributed by atoms with Gasteiger partial charge in [-0.3, -0.25) is 9.78 Å². The molecular formula is C12H9N3O. The number of rotatable bonds is 1. The van der Waals surface area contributed by atoms with Crippen LogP contribution in [0.1, 0.15) is 12.0 Å². The number of anilines is 1. The molecule has 1 amide bonds. The maximum absolute atomic E-state index is 11.7. The van der Waals surface area contributed by atoms with Crippen molar-refractivity contribution in [1.82, 2.24) is 4.98 Å². The molecule has 4 heteroatoms. The summed E-state index contributed by atoms with van der Waals surface area (Å²) in [5, 5.41) is 8.74. The van der Waals surface area contributed by atoms with E-state index in [2.05, 4.69) is 10.9 Å². The minimum absolute atomic E-state index is 0.0140. The number of nitriles is 1. The van der Waals surface area contributed by atoms with Crippen molar-refractivity contribution in [1.29, 1.82) is 5.26 Å². The van der Waals surface area contributed by atoms with Crippen molar-refractivity contribution in [2.24, 2.45) is 5.92 Å². The first-order valence-electron chi connectivity index (χ1n) is 4.86. The number of carbonyl (C=O) groups excluding carboxylic acids is 1. The molecule has 1 unspecified atom stereocenters. The Morgan fingerprint density at radius 3 is 3.00 bits per heavy atom. The number of hydrogen-bond acceptors (Lipinski definition) is 3. The predicted molar refractivity (Wildman–Crippen MR) is 58.2 cm³/mol. The Labute approximate surface area is 93.5 Å². The van der Waals surface area contributed by atoms with E-state index in [9.17, 15) is 4.79 Å². The van der Waals surface area contributed by atoms with Gasteiger partial charge in [0, 0.05) is 25.1 Å². The van der Waals surface area contributed by atoms with Crippen LogP contribution in [0.25, 0.3) is 0 Å². The third kappa shape index (κ3) is 1.74. The summed E-state index contributed by atoms with van der Waals surface area (Å²) in [6.07, 6.45) is 8.69. The van der Waals surface area contributed by atoms with Gasteiger partial charge in [-0.25, -0.2) is 0 Å². The van der Waals surface area contributed by atoms with E-state index in [1.165, 1.54) is 6.20 Å². The number of pyridine rings is 1. The molecule has 1 atom stereocenters. The Morgan fingerprint density at radius 2 is 2.38 bits per heavy atom. The summed E-state index contributed by atoms with van der Waals surface area (Å²) < 4.78 is 0. The molecule has 0 aromatic carbocycles. The average molecular weight is 211 g/mol. The number of carbonyl (C=O) groups is 1.